The number of hydrogen-bond donors (Lipinski definition) is 1. The number of methoxy groups -OCH3 is 1. The Balaban J connectivity index is 0.943. The summed E-state index contributed by atoms with van der Waals surface area (Å²) in [7, 11) is 2.11. The molecule has 4 atom stereocenters. The molecule has 5 aromatic carbocycles. The molecule has 4 aliphatic rings. The molecule has 13 nitrogen and oxygen atoms in total. The van der Waals surface area contributed by atoms with Gasteiger partial charge >= 0.3 is 0 Å². The Bertz CT molecular complexity index is 3020. The number of fused-ring (bicyclic) bond motifs is 8. The molecule has 0 aromatic heterocycles. The average Bonchev–Trinajstić information content (AvgIpc) is 3.88. The van der Waals surface area contributed by atoms with Crippen LogP contribution in [0.2, 0.25) is 0 Å². The Morgan fingerprint density at radius 1 is 0.764 bits per heavy atom. The first-order valence-corrected chi connectivity index (χ1v) is 28.6. The van der Waals surface area contributed by atoms with Crippen LogP contribution in [-0.4, -0.2) is 74.5 Å². The van der Waals surface area contributed by atoms with Crippen molar-refractivity contribution in [2.24, 2.45) is 0 Å². The molecule has 0 saturated carbocycles. The number of hydrogen-bond acceptors (Lipinski definition) is 12. The number of benzene rings is 5. The van der Waals surface area contributed by atoms with Crippen molar-refractivity contribution in [2.45, 2.75) is 121 Å². The van der Waals surface area contributed by atoms with E-state index in [0.29, 0.717) is 94.7 Å². The van der Waals surface area contributed by atoms with Crippen LogP contribution >= 0.6 is 21.6 Å². The fraction of sp³-hybridized carbons (Fsp3) is 0.393. The molecule has 0 bridgehead atoms. The van der Waals surface area contributed by atoms with E-state index < -0.39 is 21.4 Å². The van der Waals surface area contributed by atoms with Crippen molar-refractivity contribution in [3.8, 4) is 17.2 Å². The number of ketones is 1. The molecule has 5 aromatic rings. The predicted molar refractivity (Wildman–Crippen MR) is 284 cm³/mol. The van der Waals surface area contributed by atoms with Crippen molar-refractivity contribution in [3.05, 3.63) is 141 Å². The van der Waals surface area contributed by atoms with Gasteiger partial charge in [-0.1, -0.05) is 71.8 Å². The van der Waals surface area contributed by atoms with Gasteiger partial charge in [0.05, 0.1) is 20.3 Å². The van der Waals surface area contributed by atoms with Crippen LogP contribution in [0.25, 0.3) is 0 Å². The number of carbonyl (C=O) groups excluding carboxylic acids is 4. The van der Waals surface area contributed by atoms with E-state index in [-0.39, 0.29) is 49.2 Å². The van der Waals surface area contributed by atoms with Crippen molar-refractivity contribution in [3.63, 3.8) is 0 Å². The van der Waals surface area contributed by atoms with E-state index in [2.05, 4.69) is 18.3 Å². The Hall–Kier alpha value is -5.81. The number of amides is 3. The molecular weight excluding hydrogens is 971 g/mol. The number of nitrogens with zero attached hydrogens (tertiary/aromatic N) is 2. The van der Waals surface area contributed by atoms with Gasteiger partial charge in [-0.05, 0) is 145 Å². The van der Waals surface area contributed by atoms with Gasteiger partial charge in [0.15, 0.2) is 11.5 Å². The maximum Gasteiger partial charge on any atom is 0.272 e. The number of aryl methyl sites for hydroxylation is 2. The van der Waals surface area contributed by atoms with Crippen LogP contribution in [0.3, 0.4) is 0 Å². The predicted octanol–water partition coefficient (Wildman–Crippen LogP) is 10.4. The van der Waals surface area contributed by atoms with Gasteiger partial charge in [0.25, 0.3) is 21.9 Å². The van der Waals surface area contributed by atoms with Gasteiger partial charge < -0.3 is 29.3 Å². The van der Waals surface area contributed by atoms with Gasteiger partial charge in [-0.25, -0.2) is 0 Å². The van der Waals surface area contributed by atoms with Crippen LogP contribution in [0.1, 0.15) is 112 Å². The topological polar surface area (TPSA) is 158 Å². The maximum absolute atomic E-state index is 14.4. The number of nitrogens with one attached hydrogen (secondary N) is 1. The monoisotopic (exact) mass is 1030 g/mol. The first-order chi connectivity index (χ1) is 34.7. The van der Waals surface area contributed by atoms with Crippen LogP contribution in [0.4, 0.5) is 17.1 Å². The number of rotatable bonds is 20. The summed E-state index contributed by atoms with van der Waals surface area (Å²) in [6, 6.07) is 27.9. The van der Waals surface area contributed by atoms with Gasteiger partial charge in [0.1, 0.15) is 30.0 Å². The molecule has 0 aliphatic carbocycles. The minimum Gasteiger partial charge on any atom is -0.493 e. The van der Waals surface area contributed by atoms with Crippen LogP contribution in [0.5, 0.6) is 17.2 Å². The number of carbonyl (C=O) groups is 4. The normalized spacial score (nSPS) is 18.2. The van der Waals surface area contributed by atoms with E-state index in [4.69, 9.17) is 18.4 Å². The van der Waals surface area contributed by atoms with Gasteiger partial charge in [-0.2, -0.15) is 8.42 Å². The van der Waals surface area contributed by atoms with E-state index in [1.807, 2.05) is 85.5 Å². The number of Topliss-reactive ketones (excluding diaryl/α,β-unsaturated/α-hetero) is 1. The van der Waals surface area contributed by atoms with Gasteiger partial charge in [0, 0.05) is 64.5 Å². The van der Waals surface area contributed by atoms with Gasteiger partial charge in [-0.15, -0.1) is 0 Å². The highest BCUT2D eigenvalue weighted by atomic mass is 33.1. The maximum atomic E-state index is 14.4. The average molecular weight is 1030 g/mol. The fourth-order valence-corrected chi connectivity index (χ4v) is 14.1. The Morgan fingerprint density at radius 2 is 1.42 bits per heavy atom. The third kappa shape index (κ3) is 10.9. The summed E-state index contributed by atoms with van der Waals surface area (Å²) in [6.45, 7) is 6.05. The standard InChI is InChI=1S/C56H61N3O10S3/c1-6-44(60)20-17-35(3)71-70-21-11-16-54(61)57-42-24-36(23-37(25-42)33-69-52-28-38-18-19-43-26-39-12-7-9-14-47(39)58(43)55(62)46(38)31-51(52)66-4)32-68-50-29-41-30-53(72(64,65)67-5)49-27-40-13-8-10-15-48(40)59(49)56(63)45(41)22-34(50)2/h7-10,12-15,22-25,28-29,31,35,43,49,53H,6,11,16-21,26-27,30,32-33H2,1-5H3,(H,57,61)/t35?,43-,49+,53?/m1/s1. The zero-order chi connectivity index (χ0) is 50.7. The zero-order valence-electron chi connectivity index (χ0n) is 41.4. The number of anilines is 3. The Labute approximate surface area is 430 Å². The van der Waals surface area contributed by atoms with Crippen molar-refractivity contribution in [2.75, 3.05) is 35.1 Å². The second-order valence-corrected chi connectivity index (χ2v) is 23.9. The Morgan fingerprint density at radius 3 is 2.12 bits per heavy atom. The fourth-order valence-electron chi connectivity index (χ4n) is 10.4. The van der Waals surface area contributed by atoms with Crippen molar-refractivity contribution in [1.82, 2.24) is 0 Å². The highest BCUT2D eigenvalue weighted by Crippen LogP contribution is 2.43. The SMILES string of the molecule is CCC(=O)CCC(C)SSCCCC(=O)Nc1cc(COc2cc3c(cc2C)C(=O)N2c4ccccc4C[C@H]2C(S(=O)(=O)OC)C3)cc(COc2cc3c(cc2OC)C(=O)N2c4ccccc4C[C@H]2CC3)c1. The third-order valence-electron chi connectivity index (χ3n) is 14.2. The van der Waals surface area contributed by atoms with Gasteiger partial charge in [-0.3, -0.25) is 23.4 Å². The molecular formula is C56H61N3O10S3. The molecule has 72 heavy (non-hydrogen) atoms. The lowest BCUT2D eigenvalue weighted by Gasteiger charge is -2.28. The van der Waals surface area contributed by atoms with Crippen molar-refractivity contribution >= 4 is 72.3 Å². The van der Waals surface area contributed by atoms with Crippen molar-refractivity contribution < 1.29 is 46.0 Å². The lowest BCUT2D eigenvalue weighted by Crippen LogP contribution is -2.47. The van der Waals surface area contributed by atoms with E-state index in [1.54, 1.807) is 51.8 Å². The summed E-state index contributed by atoms with van der Waals surface area (Å²) in [4.78, 5) is 57.3. The molecule has 0 saturated heterocycles. The molecule has 3 amide bonds. The largest absolute Gasteiger partial charge is 0.493 e. The highest BCUT2D eigenvalue weighted by Gasteiger charge is 2.48. The molecule has 4 aliphatic heterocycles. The molecule has 0 fully saturated rings. The molecule has 0 spiro atoms. The van der Waals surface area contributed by atoms with Crippen LogP contribution < -0.4 is 29.3 Å². The second kappa shape index (κ2) is 22.1. The first kappa shape index (κ1) is 51.1. The lowest BCUT2D eigenvalue weighted by molar-refractivity contribution is -0.119. The quantitative estimate of drug-likeness (QED) is 0.0448. The summed E-state index contributed by atoms with van der Waals surface area (Å²) < 4.78 is 51.1. The van der Waals surface area contributed by atoms with Crippen LogP contribution in [0, 0.1) is 6.92 Å². The van der Waals surface area contributed by atoms with E-state index in [0.717, 1.165) is 60.1 Å². The summed E-state index contributed by atoms with van der Waals surface area (Å²) in [6.07, 6.45) is 5.73. The highest BCUT2D eigenvalue weighted by molar-refractivity contribution is 8.76. The minimum absolute atomic E-state index is 0.0509. The molecule has 0 radical (unpaired) electrons. The van der Waals surface area contributed by atoms with Gasteiger partial charge in [0.2, 0.25) is 5.91 Å². The zero-order valence-corrected chi connectivity index (χ0v) is 43.8. The Kier molecular flexibility index (Phi) is 15.7. The van der Waals surface area contributed by atoms with Crippen LogP contribution in [-0.2, 0) is 62.8 Å². The summed E-state index contributed by atoms with van der Waals surface area (Å²) >= 11 is 0. The summed E-state index contributed by atoms with van der Waals surface area (Å²) in [5.74, 6) is 2.02. The lowest BCUT2D eigenvalue weighted by atomic mass is 9.97. The summed E-state index contributed by atoms with van der Waals surface area (Å²) in [5, 5.41) is 2.41. The smallest absolute Gasteiger partial charge is 0.272 e. The molecule has 378 valence electrons. The molecule has 9 rings (SSSR count). The molecule has 4 heterocycles. The number of para-hydroxylation sites is 2. The van der Waals surface area contributed by atoms with Crippen LogP contribution in [0.15, 0.2) is 91.0 Å². The summed E-state index contributed by atoms with van der Waals surface area (Å²) in [5.41, 5.74) is 8.94. The van der Waals surface area contributed by atoms with Crippen molar-refractivity contribution in [1.29, 1.82) is 0 Å². The molecule has 2 unspecified atom stereocenters. The molecule has 16 heteroatoms. The van der Waals surface area contributed by atoms with E-state index in [1.165, 1.54) is 5.56 Å². The third-order valence-corrected chi connectivity index (χ3v) is 18.9. The second-order valence-electron chi connectivity index (χ2n) is 19.0. The number of ether oxygens (including phenoxy) is 3. The van der Waals surface area contributed by atoms with E-state index >= 15 is 0 Å². The minimum atomic E-state index is -4.07. The molecule has 1 N–H and O–H groups in total. The first-order valence-electron chi connectivity index (χ1n) is 24.7. The van der Waals surface area contributed by atoms with E-state index in [9.17, 15) is 27.6 Å².